The Bertz CT molecular complexity index is 708. The third-order valence-corrected chi connectivity index (χ3v) is 8.32. The molecule has 1 fully saturated rings. The van der Waals surface area contributed by atoms with E-state index in [0.717, 1.165) is 38.6 Å². The Labute approximate surface area is 175 Å². The summed E-state index contributed by atoms with van der Waals surface area (Å²) in [6.07, 6.45) is 8.73. The van der Waals surface area contributed by atoms with Gasteiger partial charge in [-0.2, -0.15) is 5.26 Å². The van der Waals surface area contributed by atoms with E-state index in [1.807, 2.05) is 6.19 Å². The van der Waals surface area contributed by atoms with Gasteiger partial charge in [-0.1, -0.05) is 31.9 Å². The molecule has 3 aliphatic rings. The minimum absolute atomic E-state index is 0.0117. The van der Waals surface area contributed by atoms with Gasteiger partial charge in [-0.3, -0.25) is 10.3 Å². The van der Waals surface area contributed by atoms with Crippen LogP contribution in [-0.4, -0.2) is 42.5 Å². The first-order valence-electron chi connectivity index (χ1n) is 11.1. The van der Waals surface area contributed by atoms with Crippen LogP contribution in [-0.2, 0) is 0 Å². The summed E-state index contributed by atoms with van der Waals surface area (Å²) < 4.78 is 0. The van der Waals surface area contributed by atoms with E-state index in [2.05, 4.69) is 36.4 Å². The Morgan fingerprint density at radius 3 is 2.66 bits per heavy atom. The fourth-order valence-corrected chi connectivity index (χ4v) is 6.50. The summed E-state index contributed by atoms with van der Waals surface area (Å²) >= 11 is 0. The first kappa shape index (κ1) is 22.1. The van der Waals surface area contributed by atoms with E-state index < -0.39 is 0 Å². The fourth-order valence-electron chi connectivity index (χ4n) is 6.50. The van der Waals surface area contributed by atoms with Gasteiger partial charge in [-0.25, -0.2) is 0 Å². The monoisotopic (exact) mass is 402 g/mol. The summed E-state index contributed by atoms with van der Waals surface area (Å²) in [7, 11) is 1.68. The van der Waals surface area contributed by atoms with Crippen molar-refractivity contribution in [3.63, 3.8) is 0 Å². The lowest BCUT2D eigenvalue weighted by molar-refractivity contribution is -0.0579. The zero-order valence-electron chi connectivity index (χ0n) is 18.5. The number of guanidine groups is 1. The SMILES string of the molecule is CN=C(NC#N)NC[C@H]1C2=C(CC[C@@H]1[C@@]1(C)CC[C@H](O)C[C@@H]1CO)C(C)(C)CC2. The van der Waals surface area contributed by atoms with Gasteiger partial charge < -0.3 is 15.5 Å². The summed E-state index contributed by atoms with van der Waals surface area (Å²) in [5, 5.41) is 35.3. The number of nitriles is 1. The van der Waals surface area contributed by atoms with Crippen LogP contribution >= 0.6 is 0 Å². The maximum atomic E-state index is 10.2. The number of hydrogen-bond acceptors (Lipinski definition) is 4. The second-order valence-corrected chi connectivity index (χ2v) is 10.1. The van der Waals surface area contributed by atoms with E-state index in [1.54, 1.807) is 18.2 Å². The van der Waals surface area contributed by atoms with Gasteiger partial charge in [0.05, 0.1) is 6.10 Å². The summed E-state index contributed by atoms with van der Waals surface area (Å²) in [6, 6.07) is 0. The molecule has 0 aromatic rings. The van der Waals surface area contributed by atoms with Crippen molar-refractivity contribution in [1.82, 2.24) is 10.6 Å². The second-order valence-electron chi connectivity index (χ2n) is 10.1. The van der Waals surface area contributed by atoms with E-state index in [4.69, 9.17) is 5.26 Å². The van der Waals surface area contributed by atoms with Crippen molar-refractivity contribution >= 4 is 5.96 Å². The van der Waals surface area contributed by atoms with Crippen LogP contribution in [0.4, 0.5) is 0 Å². The number of hydrogen-bond donors (Lipinski definition) is 4. The number of nitrogens with one attached hydrogen (secondary N) is 2. The zero-order valence-corrected chi connectivity index (χ0v) is 18.5. The molecule has 3 rings (SSSR count). The van der Waals surface area contributed by atoms with Crippen molar-refractivity contribution in [3.8, 4) is 6.19 Å². The molecule has 0 radical (unpaired) electrons. The lowest BCUT2D eigenvalue weighted by Crippen LogP contribution is -2.50. The molecule has 0 aromatic heterocycles. The average molecular weight is 403 g/mol. The summed E-state index contributed by atoms with van der Waals surface area (Å²) in [6.45, 7) is 7.96. The maximum Gasteiger partial charge on any atom is 0.204 e. The Kier molecular flexibility index (Phi) is 6.60. The van der Waals surface area contributed by atoms with Gasteiger partial charge >= 0.3 is 0 Å². The molecule has 29 heavy (non-hydrogen) atoms. The third kappa shape index (κ3) is 4.18. The lowest BCUT2D eigenvalue weighted by atomic mass is 9.53. The van der Waals surface area contributed by atoms with E-state index in [1.165, 1.54) is 6.42 Å². The topological polar surface area (TPSA) is 101 Å². The number of aliphatic imine (C=N–C) groups is 1. The van der Waals surface area contributed by atoms with Crippen LogP contribution in [0, 0.1) is 40.0 Å². The fraction of sp³-hybridized carbons (Fsp3) is 0.826. The molecule has 0 unspecified atom stereocenters. The van der Waals surface area contributed by atoms with Crippen molar-refractivity contribution in [3.05, 3.63) is 11.1 Å². The van der Waals surface area contributed by atoms with Crippen molar-refractivity contribution < 1.29 is 10.2 Å². The van der Waals surface area contributed by atoms with Gasteiger partial charge in [0.1, 0.15) is 0 Å². The van der Waals surface area contributed by atoms with Crippen molar-refractivity contribution in [2.45, 2.75) is 71.8 Å². The highest BCUT2D eigenvalue weighted by Crippen LogP contribution is 2.59. The third-order valence-electron chi connectivity index (χ3n) is 8.32. The molecule has 6 heteroatoms. The van der Waals surface area contributed by atoms with Crippen LogP contribution in [0.1, 0.15) is 65.7 Å². The molecular formula is C23H38N4O2. The zero-order chi connectivity index (χ0) is 21.2. The molecule has 5 atom stereocenters. The van der Waals surface area contributed by atoms with Crippen LogP contribution in [0.2, 0.25) is 0 Å². The van der Waals surface area contributed by atoms with Crippen LogP contribution < -0.4 is 10.6 Å². The molecule has 6 nitrogen and oxygen atoms in total. The minimum atomic E-state index is -0.292. The Morgan fingerprint density at radius 2 is 2.00 bits per heavy atom. The molecule has 0 amide bonds. The van der Waals surface area contributed by atoms with E-state index in [0.29, 0.717) is 24.2 Å². The quantitative estimate of drug-likeness (QED) is 0.190. The van der Waals surface area contributed by atoms with Crippen molar-refractivity contribution in [2.24, 2.45) is 33.6 Å². The summed E-state index contributed by atoms with van der Waals surface area (Å²) in [5.74, 6) is 1.46. The van der Waals surface area contributed by atoms with E-state index in [9.17, 15) is 10.2 Å². The first-order chi connectivity index (χ1) is 13.8. The van der Waals surface area contributed by atoms with Crippen LogP contribution in [0.25, 0.3) is 0 Å². The van der Waals surface area contributed by atoms with Gasteiger partial charge in [0.2, 0.25) is 5.96 Å². The largest absolute Gasteiger partial charge is 0.396 e. The molecule has 0 aliphatic heterocycles. The van der Waals surface area contributed by atoms with Crippen LogP contribution in [0.5, 0.6) is 0 Å². The number of nitrogens with zero attached hydrogens (tertiary/aromatic N) is 2. The van der Waals surface area contributed by atoms with Gasteiger partial charge in [0, 0.05) is 26.1 Å². The van der Waals surface area contributed by atoms with Crippen molar-refractivity contribution in [2.75, 3.05) is 20.2 Å². The van der Waals surface area contributed by atoms with Gasteiger partial charge in [0.25, 0.3) is 0 Å². The predicted octanol–water partition coefficient (Wildman–Crippen LogP) is 2.93. The molecule has 3 aliphatic carbocycles. The molecule has 0 saturated heterocycles. The highest BCUT2D eigenvalue weighted by Gasteiger charge is 2.51. The van der Waals surface area contributed by atoms with Crippen molar-refractivity contribution in [1.29, 1.82) is 5.26 Å². The Hall–Kier alpha value is -1.58. The number of allylic oxidation sites excluding steroid dienone is 1. The highest BCUT2D eigenvalue weighted by molar-refractivity contribution is 5.81. The van der Waals surface area contributed by atoms with E-state index in [-0.39, 0.29) is 29.5 Å². The standard InChI is InChI=1S/C23H38N4O2/c1-22(2)9-8-17-18(12-26-21(25-4)27-14-24)20(6-5-19(17)22)23(3)10-7-16(29)11-15(23)13-28/h15-16,18,20,28-29H,5-13H2,1-4H3,(H2,25,26,27)/t15-,16+,18+,20+,23+/m1/s1. The van der Waals surface area contributed by atoms with Gasteiger partial charge in [0.15, 0.2) is 6.19 Å². The second kappa shape index (κ2) is 8.65. The number of aliphatic hydroxyl groups is 2. The molecule has 162 valence electrons. The van der Waals surface area contributed by atoms with Gasteiger partial charge in [-0.05, 0) is 67.6 Å². The molecule has 0 bridgehead atoms. The maximum absolute atomic E-state index is 10.2. The summed E-state index contributed by atoms with van der Waals surface area (Å²) in [5.41, 5.74) is 3.50. The molecule has 1 saturated carbocycles. The lowest BCUT2D eigenvalue weighted by Gasteiger charge is -2.52. The van der Waals surface area contributed by atoms with Crippen LogP contribution in [0.3, 0.4) is 0 Å². The first-order valence-corrected chi connectivity index (χ1v) is 11.1. The predicted molar refractivity (Wildman–Crippen MR) is 115 cm³/mol. The van der Waals surface area contributed by atoms with Gasteiger partial charge in [-0.15, -0.1) is 0 Å². The number of rotatable bonds is 4. The average Bonchev–Trinajstić information content (AvgIpc) is 3.01. The van der Waals surface area contributed by atoms with Crippen LogP contribution in [0.15, 0.2) is 16.1 Å². The molecule has 4 N–H and O–H groups in total. The molecule has 0 spiro atoms. The molecular weight excluding hydrogens is 364 g/mol. The molecule has 0 aromatic carbocycles. The minimum Gasteiger partial charge on any atom is -0.396 e. The number of aliphatic hydroxyl groups excluding tert-OH is 2. The van der Waals surface area contributed by atoms with E-state index >= 15 is 0 Å². The Morgan fingerprint density at radius 1 is 1.24 bits per heavy atom. The normalized spacial score (nSPS) is 37.1. The highest BCUT2D eigenvalue weighted by atomic mass is 16.3. The summed E-state index contributed by atoms with van der Waals surface area (Å²) in [4.78, 5) is 4.16. The molecule has 0 heterocycles. The Balaban J connectivity index is 1.92. The smallest absolute Gasteiger partial charge is 0.204 e.